The highest BCUT2D eigenvalue weighted by Crippen LogP contribution is 2.41. The number of rotatable bonds is 19. The van der Waals surface area contributed by atoms with Gasteiger partial charge in [0.15, 0.2) is 5.82 Å². The van der Waals surface area contributed by atoms with E-state index < -0.39 is 36.3 Å². The Morgan fingerprint density at radius 3 is 2.25 bits per heavy atom. The quantitative estimate of drug-likeness (QED) is 0.211. The van der Waals surface area contributed by atoms with Crippen LogP contribution in [0.4, 0.5) is 0 Å². The molecule has 2 bridgehead atoms. The molecule has 1 aromatic carbocycles. The number of nitrogens with zero attached hydrogens (tertiary/aromatic N) is 5. The number of carbonyl (C=O) groups excluding carboxylic acids is 4. The van der Waals surface area contributed by atoms with E-state index in [1.165, 1.54) is 0 Å². The van der Waals surface area contributed by atoms with Crippen molar-refractivity contribution in [2.75, 3.05) is 34.9 Å². The van der Waals surface area contributed by atoms with E-state index in [1.807, 2.05) is 63.1 Å². The number of benzene rings is 1. The monoisotopic (exact) mass is 790 g/mol. The highest BCUT2D eigenvalue weighted by Gasteiger charge is 2.49. The van der Waals surface area contributed by atoms with Gasteiger partial charge in [-0.2, -0.15) is 0 Å². The molecule has 4 amide bonds. The standard InChI is InChI=1S/C44H67N7O6/c1-10-28(4)38(50(7)44(55)37(27(2)3)48-43(54)39-31-19-20-32(25-31)49(39)6)35(56-8)26-36(52)51-23-14-18-34(51)40(57-9)29(5)42(53)47-33(41-45-21-15-22-46-41)24-30-16-12-11-13-17-30/h11-13,15-17,21-22,27-29,31-35,37-40H,10,14,18-20,23-26H2,1-9H3,(H,47,53)(H,48,54)/t28-,29+,31-,32+,33-,34?,35+,37?,38-,39-,40+/m0/s1. The zero-order chi connectivity index (χ0) is 41.4. The SMILES string of the molecule is CC[C@H](C)[C@@H]([C@@H](CC(=O)N1CCCC1[C@H](OC)[C@@H](C)C(=O)N[C@@H](Cc1ccccc1)c1ncccn1)OC)N(C)C(=O)C(NC(=O)[C@@H]1[C@H]2CC[C@H](C2)N1C)C(C)C. The van der Waals surface area contributed by atoms with Crippen molar-refractivity contribution in [1.29, 1.82) is 0 Å². The zero-order valence-corrected chi connectivity index (χ0v) is 35.6. The average molecular weight is 790 g/mol. The van der Waals surface area contributed by atoms with E-state index in [0.29, 0.717) is 37.2 Å². The maximum atomic E-state index is 14.4. The first kappa shape index (κ1) is 44.2. The number of carbonyl (C=O) groups is 4. The molecule has 5 rings (SSSR count). The Labute approximate surface area is 340 Å². The molecule has 0 spiro atoms. The minimum atomic E-state index is -0.714. The first-order valence-electron chi connectivity index (χ1n) is 21.1. The van der Waals surface area contributed by atoms with Crippen LogP contribution in [-0.2, 0) is 35.1 Å². The molecule has 1 aromatic heterocycles. The average Bonchev–Trinajstić information content (AvgIpc) is 3.97. The number of likely N-dealkylation sites (N-methyl/N-ethyl adjacent to an activating group) is 2. The molecule has 13 heteroatoms. The molecule has 2 saturated heterocycles. The summed E-state index contributed by atoms with van der Waals surface area (Å²) >= 11 is 0. The Bertz CT molecular complexity index is 1630. The highest BCUT2D eigenvalue weighted by molar-refractivity contribution is 5.90. The minimum Gasteiger partial charge on any atom is -0.379 e. The van der Waals surface area contributed by atoms with E-state index in [9.17, 15) is 19.2 Å². The van der Waals surface area contributed by atoms with Crippen LogP contribution in [0.15, 0.2) is 48.8 Å². The van der Waals surface area contributed by atoms with Crippen LogP contribution in [-0.4, -0.2) is 126 Å². The van der Waals surface area contributed by atoms with Gasteiger partial charge in [-0.25, -0.2) is 9.97 Å². The molecule has 2 aromatic rings. The molecule has 2 aliphatic heterocycles. The van der Waals surface area contributed by atoms with Gasteiger partial charge in [0.25, 0.3) is 0 Å². The third-order valence-corrected chi connectivity index (χ3v) is 13.2. The number of nitrogens with one attached hydrogen (secondary N) is 2. The molecule has 314 valence electrons. The van der Waals surface area contributed by atoms with Crippen LogP contribution in [0.2, 0.25) is 0 Å². The molecule has 3 aliphatic rings. The molecule has 57 heavy (non-hydrogen) atoms. The molecule has 11 atom stereocenters. The molecule has 3 fully saturated rings. The van der Waals surface area contributed by atoms with Gasteiger partial charge in [0.2, 0.25) is 23.6 Å². The fourth-order valence-electron chi connectivity index (χ4n) is 9.74. The topological polar surface area (TPSA) is 146 Å². The lowest BCUT2D eigenvalue weighted by Gasteiger charge is -2.41. The van der Waals surface area contributed by atoms with Crippen molar-refractivity contribution in [2.24, 2.45) is 23.7 Å². The van der Waals surface area contributed by atoms with Crippen molar-refractivity contribution in [3.8, 4) is 0 Å². The van der Waals surface area contributed by atoms with Gasteiger partial charge >= 0.3 is 0 Å². The van der Waals surface area contributed by atoms with Gasteiger partial charge in [-0.1, -0.05) is 71.4 Å². The maximum Gasteiger partial charge on any atom is 0.245 e. The second kappa shape index (κ2) is 20.2. The summed E-state index contributed by atoms with van der Waals surface area (Å²) in [4.78, 5) is 71.0. The summed E-state index contributed by atoms with van der Waals surface area (Å²) in [5.74, 6) is -0.477. The number of likely N-dealkylation sites (tertiary alicyclic amines) is 2. The smallest absolute Gasteiger partial charge is 0.245 e. The number of fused-ring (bicyclic) bond motifs is 2. The van der Waals surface area contributed by atoms with Crippen molar-refractivity contribution in [3.63, 3.8) is 0 Å². The Balaban J connectivity index is 1.27. The van der Waals surface area contributed by atoms with Gasteiger partial charge in [0.1, 0.15) is 6.04 Å². The van der Waals surface area contributed by atoms with Gasteiger partial charge in [-0.3, -0.25) is 24.1 Å². The van der Waals surface area contributed by atoms with Crippen molar-refractivity contribution in [2.45, 2.75) is 134 Å². The third kappa shape index (κ3) is 10.2. The summed E-state index contributed by atoms with van der Waals surface area (Å²) < 4.78 is 12.1. The van der Waals surface area contributed by atoms with E-state index >= 15 is 0 Å². The molecule has 1 aliphatic carbocycles. The number of hydrogen-bond donors (Lipinski definition) is 2. The molecule has 3 heterocycles. The maximum absolute atomic E-state index is 14.4. The van der Waals surface area contributed by atoms with Gasteiger partial charge in [-0.15, -0.1) is 0 Å². The fraction of sp³-hybridized carbons (Fsp3) is 0.682. The van der Waals surface area contributed by atoms with Crippen molar-refractivity contribution < 1.29 is 28.7 Å². The zero-order valence-electron chi connectivity index (χ0n) is 35.6. The number of piperidine rings is 1. The summed E-state index contributed by atoms with van der Waals surface area (Å²) in [7, 11) is 6.97. The molecular formula is C44H67N7O6. The lowest BCUT2D eigenvalue weighted by molar-refractivity contribution is -0.148. The molecular weight excluding hydrogens is 723 g/mol. The van der Waals surface area contributed by atoms with E-state index in [0.717, 1.165) is 37.7 Å². The van der Waals surface area contributed by atoms with Crippen molar-refractivity contribution in [1.82, 2.24) is 35.3 Å². The Morgan fingerprint density at radius 1 is 0.947 bits per heavy atom. The number of ether oxygens (including phenoxy) is 2. The van der Waals surface area contributed by atoms with Crippen LogP contribution < -0.4 is 10.6 Å². The Hall–Kier alpha value is -3.94. The highest BCUT2D eigenvalue weighted by atomic mass is 16.5. The van der Waals surface area contributed by atoms with Crippen LogP contribution in [0, 0.1) is 23.7 Å². The summed E-state index contributed by atoms with van der Waals surface area (Å²) in [5, 5.41) is 6.33. The predicted molar refractivity (Wildman–Crippen MR) is 219 cm³/mol. The lowest BCUT2D eigenvalue weighted by atomic mass is 9.89. The minimum absolute atomic E-state index is 0.000781. The Morgan fingerprint density at radius 2 is 1.65 bits per heavy atom. The normalized spacial score (nSPS) is 24.4. The number of methoxy groups -OCH3 is 2. The van der Waals surface area contributed by atoms with E-state index in [-0.39, 0.29) is 54.0 Å². The van der Waals surface area contributed by atoms with Gasteiger partial charge < -0.3 is 29.9 Å². The molecule has 0 radical (unpaired) electrons. The first-order valence-corrected chi connectivity index (χ1v) is 21.1. The van der Waals surface area contributed by atoms with Crippen LogP contribution in [0.5, 0.6) is 0 Å². The molecule has 1 saturated carbocycles. The third-order valence-electron chi connectivity index (χ3n) is 13.2. The van der Waals surface area contributed by atoms with Crippen LogP contribution >= 0.6 is 0 Å². The van der Waals surface area contributed by atoms with E-state index in [1.54, 1.807) is 44.6 Å². The van der Waals surface area contributed by atoms with Gasteiger partial charge in [0.05, 0.1) is 48.7 Å². The molecule has 13 nitrogen and oxygen atoms in total. The second-order valence-corrected chi connectivity index (χ2v) is 17.0. The van der Waals surface area contributed by atoms with Crippen LogP contribution in [0.1, 0.15) is 97.0 Å². The van der Waals surface area contributed by atoms with E-state index in [4.69, 9.17) is 9.47 Å². The van der Waals surface area contributed by atoms with Crippen LogP contribution in [0.25, 0.3) is 0 Å². The summed E-state index contributed by atoms with van der Waals surface area (Å²) in [6, 6.07) is 9.94. The summed E-state index contributed by atoms with van der Waals surface area (Å²) in [5.41, 5.74) is 1.04. The largest absolute Gasteiger partial charge is 0.379 e. The number of amides is 4. The van der Waals surface area contributed by atoms with Crippen molar-refractivity contribution >= 4 is 23.6 Å². The first-order chi connectivity index (χ1) is 27.3. The van der Waals surface area contributed by atoms with Gasteiger partial charge in [-0.05, 0) is 75.0 Å². The summed E-state index contributed by atoms with van der Waals surface area (Å²) in [6.45, 7) is 10.4. The Kier molecular flexibility index (Phi) is 15.6. The number of hydrogen-bond acceptors (Lipinski definition) is 9. The molecule has 2 unspecified atom stereocenters. The number of aromatic nitrogens is 2. The van der Waals surface area contributed by atoms with Crippen molar-refractivity contribution in [3.05, 3.63) is 60.2 Å². The fourth-order valence-corrected chi connectivity index (χ4v) is 9.74. The molecule has 2 N–H and O–H groups in total. The lowest BCUT2D eigenvalue weighted by Crippen LogP contribution is -2.60. The van der Waals surface area contributed by atoms with E-state index in [2.05, 4.69) is 39.3 Å². The van der Waals surface area contributed by atoms with Crippen LogP contribution in [0.3, 0.4) is 0 Å². The predicted octanol–water partition coefficient (Wildman–Crippen LogP) is 4.42. The summed E-state index contributed by atoms with van der Waals surface area (Å²) in [6.07, 6.45) is 8.16. The van der Waals surface area contributed by atoms with Gasteiger partial charge in [0, 0.05) is 46.2 Å². The second-order valence-electron chi connectivity index (χ2n) is 17.0.